The smallest absolute Gasteiger partial charge is 0.265 e. The highest BCUT2D eigenvalue weighted by atomic mass is 32.1. The first-order valence-corrected chi connectivity index (χ1v) is 7.66. The summed E-state index contributed by atoms with van der Waals surface area (Å²) in [6.45, 7) is 8.34. The number of aromatic nitrogens is 1. The first-order chi connectivity index (χ1) is 9.53. The molecule has 1 aromatic heterocycles. The molecule has 0 aliphatic rings. The van der Waals surface area contributed by atoms with Crippen molar-refractivity contribution in [2.24, 2.45) is 0 Å². The summed E-state index contributed by atoms with van der Waals surface area (Å²) in [4.78, 5) is 19.0. The zero-order valence-corrected chi connectivity index (χ0v) is 13.4. The highest BCUT2D eigenvalue weighted by Crippen LogP contribution is 2.27. The highest BCUT2D eigenvalue weighted by molar-refractivity contribution is 7.18. The van der Waals surface area contributed by atoms with Gasteiger partial charge in [-0.25, -0.2) is 4.98 Å². The molecule has 20 heavy (non-hydrogen) atoms. The molecule has 1 amide bonds. The lowest BCUT2D eigenvalue weighted by atomic mass is 10.2. The number of carbonyl (C=O) groups is 1. The summed E-state index contributed by atoms with van der Waals surface area (Å²) in [5.41, 5.74) is 5.85. The zero-order valence-electron chi connectivity index (χ0n) is 12.6. The monoisotopic (exact) mass is 300 g/mol. The van der Waals surface area contributed by atoms with Crippen molar-refractivity contribution in [1.29, 1.82) is 0 Å². The van der Waals surface area contributed by atoms with Gasteiger partial charge >= 0.3 is 0 Å². The van der Waals surface area contributed by atoms with Crippen LogP contribution in [0.4, 0.5) is 10.9 Å². The van der Waals surface area contributed by atoms with Crippen LogP contribution in [0.5, 0.6) is 0 Å². The van der Waals surface area contributed by atoms with Gasteiger partial charge < -0.3 is 20.7 Å². The van der Waals surface area contributed by atoms with Crippen LogP contribution in [-0.2, 0) is 4.74 Å². The fourth-order valence-corrected chi connectivity index (χ4v) is 2.78. The van der Waals surface area contributed by atoms with Gasteiger partial charge in [0, 0.05) is 32.8 Å². The first-order valence-electron chi connectivity index (χ1n) is 6.84. The maximum Gasteiger partial charge on any atom is 0.265 e. The van der Waals surface area contributed by atoms with Crippen molar-refractivity contribution in [3.63, 3.8) is 0 Å². The van der Waals surface area contributed by atoms with Crippen molar-refractivity contribution in [1.82, 2.24) is 10.3 Å². The summed E-state index contributed by atoms with van der Waals surface area (Å²) in [5, 5.41) is 3.71. The minimum atomic E-state index is -0.165. The summed E-state index contributed by atoms with van der Waals surface area (Å²) in [5.74, 6) is 0.135. The number of rotatable bonds is 8. The van der Waals surface area contributed by atoms with Crippen LogP contribution in [0.3, 0.4) is 0 Å². The molecule has 0 aliphatic heterocycles. The Morgan fingerprint density at radius 1 is 1.50 bits per heavy atom. The molecule has 0 aromatic carbocycles. The van der Waals surface area contributed by atoms with Crippen LogP contribution in [0.25, 0.3) is 0 Å². The van der Waals surface area contributed by atoms with Gasteiger partial charge in [0.1, 0.15) is 10.7 Å². The maximum absolute atomic E-state index is 12.2. The van der Waals surface area contributed by atoms with Crippen molar-refractivity contribution >= 4 is 28.2 Å². The van der Waals surface area contributed by atoms with Gasteiger partial charge in [0.15, 0.2) is 5.13 Å². The summed E-state index contributed by atoms with van der Waals surface area (Å²) < 4.78 is 5.00. The number of hydrogen-bond donors (Lipinski definition) is 2. The van der Waals surface area contributed by atoms with E-state index >= 15 is 0 Å². The molecule has 1 aromatic rings. The van der Waals surface area contributed by atoms with E-state index in [0.29, 0.717) is 17.3 Å². The fourth-order valence-electron chi connectivity index (χ4n) is 1.77. The molecule has 3 N–H and O–H groups in total. The number of thiazole rings is 1. The van der Waals surface area contributed by atoms with E-state index < -0.39 is 0 Å². The molecule has 0 saturated carbocycles. The van der Waals surface area contributed by atoms with Crippen molar-refractivity contribution < 1.29 is 9.53 Å². The Balaban J connectivity index is 2.73. The number of nitrogen functional groups attached to an aromatic ring is 1. The molecule has 0 bridgehead atoms. The zero-order chi connectivity index (χ0) is 15.1. The van der Waals surface area contributed by atoms with Gasteiger partial charge in [0.2, 0.25) is 0 Å². The number of nitrogens with zero attached hydrogens (tertiary/aromatic N) is 2. The number of methoxy groups -OCH3 is 1. The molecule has 1 unspecified atom stereocenters. The Morgan fingerprint density at radius 3 is 2.70 bits per heavy atom. The Bertz CT molecular complexity index is 432. The number of hydrogen-bond acceptors (Lipinski definition) is 6. The molecular weight excluding hydrogens is 276 g/mol. The van der Waals surface area contributed by atoms with Crippen molar-refractivity contribution in [3.8, 4) is 0 Å². The molecule has 1 heterocycles. The Hall–Kier alpha value is -1.34. The third-order valence-electron chi connectivity index (χ3n) is 3.01. The van der Waals surface area contributed by atoms with Crippen LogP contribution in [0.1, 0.15) is 36.9 Å². The SMILES string of the molecule is CCN(CC)c1nc(N)c(C(=O)NC(C)CCOC)s1. The Kier molecular flexibility index (Phi) is 6.74. The number of carbonyl (C=O) groups excluding carboxylic acids is 1. The van der Waals surface area contributed by atoms with E-state index in [1.807, 2.05) is 20.8 Å². The minimum absolute atomic E-state index is 0.0425. The van der Waals surface area contributed by atoms with E-state index in [9.17, 15) is 4.79 Å². The van der Waals surface area contributed by atoms with Crippen molar-refractivity contribution in [2.45, 2.75) is 33.2 Å². The third kappa shape index (κ3) is 4.35. The van der Waals surface area contributed by atoms with Gasteiger partial charge in [0.05, 0.1) is 0 Å². The molecule has 6 nitrogen and oxygen atoms in total. The van der Waals surface area contributed by atoms with Crippen LogP contribution in [-0.4, -0.2) is 43.7 Å². The maximum atomic E-state index is 12.2. The Labute approximate surface area is 124 Å². The molecule has 0 aliphatic carbocycles. The average molecular weight is 300 g/mol. The Morgan fingerprint density at radius 2 is 2.15 bits per heavy atom. The second-order valence-electron chi connectivity index (χ2n) is 4.54. The fraction of sp³-hybridized carbons (Fsp3) is 0.692. The predicted molar refractivity (Wildman–Crippen MR) is 83.5 cm³/mol. The van der Waals surface area contributed by atoms with E-state index in [2.05, 4.69) is 15.2 Å². The molecular formula is C13H24N4O2S. The van der Waals surface area contributed by atoms with E-state index in [1.54, 1.807) is 7.11 Å². The molecule has 114 valence electrons. The van der Waals surface area contributed by atoms with Gasteiger partial charge in [-0.3, -0.25) is 4.79 Å². The molecule has 0 spiro atoms. The predicted octanol–water partition coefficient (Wildman–Crippen LogP) is 1.73. The summed E-state index contributed by atoms with van der Waals surface area (Å²) in [6, 6.07) is 0.0425. The number of ether oxygens (including phenoxy) is 1. The lowest BCUT2D eigenvalue weighted by Crippen LogP contribution is -2.33. The van der Waals surface area contributed by atoms with Gasteiger partial charge in [-0.2, -0.15) is 0 Å². The van der Waals surface area contributed by atoms with Crippen LogP contribution >= 0.6 is 11.3 Å². The van der Waals surface area contributed by atoms with E-state index in [0.717, 1.165) is 24.6 Å². The molecule has 7 heteroatoms. The van der Waals surface area contributed by atoms with Gasteiger partial charge in [-0.15, -0.1) is 0 Å². The second-order valence-corrected chi connectivity index (χ2v) is 5.52. The first kappa shape index (κ1) is 16.7. The van der Waals surface area contributed by atoms with Gasteiger partial charge in [-0.1, -0.05) is 11.3 Å². The molecule has 1 atom stereocenters. The summed E-state index contributed by atoms with van der Waals surface area (Å²) in [6.07, 6.45) is 0.768. The lowest BCUT2D eigenvalue weighted by molar-refractivity contribution is 0.0934. The van der Waals surface area contributed by atoms with Crippen LogP contribution in [0.2, 0.25) is 0 Å². The van der Waals surface area contributed by atoms with Gasteiger partial charge in [0.25, 0.3) is 5.91 Å². The van der Waals surface area contributed by atoms with E-state index in [-0.39, 0.29) is 11.9 Å². The van der Waals surface area contributed by atoms with Crippen molar-refractivity contribution in [3.05, 3.63) is 4.88 Å². The summed E-state index contributed by atoms with van der Waals surface area (Å²) >= 11 is 1.34. The van der Waals surface area contributed by atoms with E-state index in [1.165, 1.54) is 11.3 Å². The molecule has 1 rings (SSSR count). The average Bonchev–Trinajstić information content (AvgIpc) is 2.80. The summed E-state index contributed by atoms with van der Waals surface area (Å²) in [7, 11) is 1.64. The lowest BCUT2D eigenvalue weighted by Gasteiger charge is -2.16. The highest BCUT2D eigenvalue weighted by Gasteiger charge is 2.19. The van der Waals surface area contributed by atoms with Crippen molar-refractivity contribution in [2.75, 3.05) is 37.4 Å². The minimum Gasteiger partial charge on any atom is -0.385 e. The third-order valence-corrected chi connectivity index (χ3v) is 4.15. The number of amides is 1. The second kappa shape index (κ2) is 8.06. The van der Waals surface area contributed by atoms with Crippen LogP contribution in [0.15, 0.2) is 0 Å². The normalized spacial score (nSPS) is 12.2. The van der Waals surface area contributed by atoms with Crippen LogP contribution in [0, 0.1) is 0 Å². The largest absolute Gasteiger partial charge is 0.385 e. The molecule has 0 saturated heterocycles. The number of nitrogens with one attached hydrogen (secondary N) is 1. The number of nitrogens with two attached hydrogens (primary N) is 1. The quantitative estimate of drug-likeness (QED) is 0.764. The number of anilines is 2. The van der Waals surface area contributed by atoms with E-state index in [4.69, 9.17) is 10.5 Å². The standard InChI is InChI=1S/C13H24N4O2S/c1-5-17(6-2)13-16-11(14)10(20-13)12(18)15-9(3)7-8-19-4/h9H,5-8,14H2,1-4H3,(H,15,18). The molecule has 0 fully saturated rings. The topological polar surface area (TPSA) is 80.5 Å². The molecule has 0 radical (unpaired) electrons. The van der Waals surface area contributed by atoms with Crippen LogP contribution < -0.4 is 16.0 Å². The van der Waals surface area contributed by atoms with Gasteiger partial charge in [-0.05, 0) is 27.2 Å².